The molecule has 0 aliphatic rings. The molecule has 4 nitrogen and oxygen atoms in total. The highest BCUT2D eigenvalue weighted by Crippen LogP contribution is 2.25. The summed E-state index contributed by atoms with van der Waals surface area (Å²) in [5.41, 5.74) is 3.02. The van der Waals surface area contributed by atoms with Crippen LogP contribution >= 0.6 is 0 Å². The van der Waals surface area contributed by atoms with Crippen molar-refractivity contribution in [1.29, 1.82) is 0 Å². The molecule has 0 atom stereocenters. The van der Waals surface area contributed by atoms with E-state index in [0.717, 1.165) is 54.2 Å². The van der Waals surface area contributed by atoms with Gasteiger partial charge in [-0.3, -0.25) is 0 Å². The SMILES string of the molecule is CCCCCCCCOc1ccc(-c2ncc(-c3cccc(OCCC)c3)cn2)cc1. The van der Waals surface area contributed by atoms with Gasteiger partial charge in [-0.25, -0.2) is 9.97 Å². The molecule has 1 aromatic heterocycles. The maximum atomic E-state index is 5.87. The van der Waals surface area contributed by atoms with E-state index in [9.17, 15) is 0 Å². The van der Waals surface area contributed by atoms with Gasteiger partial charge in [-0.15, -0.1) is 0 Å². The van der Waals surface area contributed by atoms with Crippen molar-refractivity contribution in [2.24, 2.45) is 0 Å². The van der Waals surface area contributed by atoms with Gasteiger partial charge in [-0.05, 0) is 54.8 Å². The van der Waals surface area contributed by atoms with E-state index in [1.54, 1.807) is 0 Å². The van der Waals surface area contributed by atoms with Crippen molar-refractivity contribution in [1.82, 2.24) is 9.97 Å². The Bertz CT molecular complexity index is 892. The smallest absolute Gasteiger partial charge is 0.159 e. The summed E-state index contributed by atoms with van der Waals surface area (Å²) in [5.74, 6) is 2.49. The number of unbranched alkanes of at least 4 members (excludes halogenated alkanes) is 5. The van der Waals surface area contributed by atoms with Crippen molar-refractivity contribution >= 4 is 0 Å². The molecule has 0 saturated carbocycles. The van der Waals surface area contributed by atoms with Gasteiger partial charge >= 0.3 is 0 Å². The Kier molecular flexibility index (Phi) is 9.36. The summed E-state index contributed by atoms with van der Waals surface area (Å²) < 4.78 is 11.6. The fourth-order valence-electron chi connectivity index (χ4n) is 3.38. The van der Waals surface area contributed by atoms with Crippen molar-refractivity contribution in [3.05, 3.63) is 60.9 Å². The first-order valence-corrected chi connectivity index (χ1v) is 11.6. The molecule has 0 aliphatic heterocycles. The van der Waals surface area contributed by atoms with Crippen molar-refractivity contribution in [3.63, 3.8) is 0 Å². The van der Waals surface area contributed by atoms with Gasteiger partial charge in [0.15, 0.2) is 5.82 Å². The standard InChI is InChI=1S/C27H34N2O2/c1-3-5-6-7-8-9-18-31-25-15-13-22(14-16-25)27-28-20-24(21-29-27)23-11-10-12-26(19-23)30-17-4-2/h10-16,19-21H,3-9,17-18H2,1-2H3. The normalized spacial score (nSPS) is 10.8. The highest BCUT2D eigenvalue weighted by atomic mass is 16.5. The van der Waals surface area contributed by atoms with E-state index in [-0.39, 0.29) is 0 Å². The van der Waals surface area contributed by atoms with Crippen molar-refractivity contribution in [2.45, 2.75) is 58.8 Å². The van der Waals surface area contributed by atoms with E-state index in [2.05, 4.69) is 23.8 Å². The topological polar surface area (TPSA) is 44.2 Å². The second-order valence-electron chi connectivity index (χ2n) is 7.81. The number of ether oxygens (including phenoxy) is 2. The molecule has 0 radical (unpaired) electrons. The molecule has 0 N–H and O–H groups in total. The summed E-state index contributed by atoms with van der Waals surface area (Å²) in [7, 11) is 0. The van der Waals surface area contributed by atoms with Gasteiger partial charge in [-0.2, -0.15) is 0 Å². The van der Waals surface area contributed by atoms with Gasteiger partial charge in [0, 0.05) is 23.5 Å². The lowest BCUT2D eigenvalue weighted by atomic mass is 10.1. The van der Waals surface area contributed by atoms with E-state index >= 15 is 0 Å². The lowest BCUT2D eigenvalue weighted by Crippen LogP contribution is -1.97. The molecule has 0 amide bonds. The highest BCUT2D eigenvalue weighted by Gasteiger charge is 2.05. The molecular weight excluding hydrogens is 384 g/mol. The zero-order valence-electron chi connectivity index (χ0n) is 18.8. The summed E-state index contributed by atoms with van der Waals surface area (Å²) in [5, 5.41) is 0. The predicted molar refractivity (Wildman–Crippen MR) is 128 cm³/mol. The number of rotatable bonds is 13. The predicted octanol–water partition coefficient (Wildman–Crippen LogP) is 7.34. The average Bonchev–Trinajstić information content (AvgIpc) is 2.83. The zero-order chi connectivity index (χ0) is 21.7. The summed E-state index contributed by atoms with van der Waals surface area (Å²) in [6.45, 7) is 5.84. The number of aromatic nitrogens is 2. The Morgan fingerprint density at radius 2 is 1.32 bits per heavy atom. The zero-order valence-corrected chi connectivity index (χ0v) is 18.8. The van der Waals surface area contributed by atoms with Crippen LogP contribution in [0, 0.1) is 0 Å². The molecular formula is C27H34N2O2. The molecule has 164 valence electrons. The Balaban J connectivity index is 1.53. The van der Waals surface area contributed by atoms with Crippen LogP contribution in [0.25, 0.3) is 22.5 Å². The van der Waals surface area contributed by atoms with Crippen LogP contribution in [-0.4, -0.2) is 23.2 Å². The minimum atomic E-state index is 0.713. The van der Waals surface area contributed by atoms with Gasteiger partial charge in [0.2, 0.25) is 0 Å². The minimum Gasteiger partial charge on any atom is -0.494 e. The minimum absolute atomic E-state index is 0.713. The van der Waals surface area contributed by atoms with E-state index in [1.165, 1.54) is 32.1 Å². The Morgan fingerprint density at radius 1 is 0.613 bits per heavy atom. The Labute approximate surface area is 186 Å². The fourth-order valence-corrected chi connectivity index (χ4v) is 3.38. The van der Waals surface area contributed by atoms with Crippen molar-refractivity contribution in [3.8, 4) is 34.0 Å². The first kappa shape index (κ1) is 22.8. The lowest BCUT2D eigenvalue weighted by Gasteiger charge is -2.08. The highest BCUT2D eigenvalue weighted by molar-refractivity contribution is 5.65. The van der Waals surface area contributed by atoms with Gasteiger partial charge in [0.25, 0.3) is 0 Å². The van der Waals surface area contributed by atoms with E-state index < -0.39 is 0 Å². The van der Waals surface area contributed by atoms with Crippen LogP contribution in [0.5, 0.6) is 11.5 Å². The van der Waals surface area contributed by atoms with Crippen molar-refractivity contribution in [2.75, 3.05) is 13.2 Å². The first-order chi connectivity index (χ1) is 15.3. The first-order valence-electron chi connectivity index (χ1n) is 11.6. The van der Waals surface area contributed by atoms with Gasteiger partial charge in [-0.1, -0.05) is 58.1 Å². The number of nitrogens with zero attached hydrogens (tertiary/aromatic N) is 2. The van der Waals surface area contributed by atoms with Crippen molar-refractivity contribution < 1.29 is 9.47 Å². The second-order valence-corrected chi connectivity index (χ2v) is 7.81. The molecule has 0 saturated heterocycles. The summed E-state index contributed by atoms with van der Waals surface area (Å²) in [4.78, 5) is 9.13. The van der Waals surface area contributed by atoms with Crippen LogP contribution in [0.3, 0.4) is 0 Å². The van der Waals surface area contributed by atoms with E-state index in [0.29, 0.717) is 5.82 Å². The Hall–Kier alpha value is -2.88. The third-order valence-electron chi connectivity index (χ3n) is 5.17. The molecule has 1 heterocycles. The molecule has 0 unspecified atom stereocenters. The quantitative estimate of drug-likeness (QED) is 0.272. The van der Waals surface area contributed by atoms with E-state index in [4.69, 9.17) is 9.47 Å². The maximum absolute atomic E-state index is 5.87. The van der Waals surface area contributed by atoms with Gasteiger partial charge < -0.3 is 9.47 Å². The number of benzene rings is 2. The molecule has 0 bridgehead atoms. The lowest BCUT2D eigenvalue weighted by molar-refractivity contribution is 0.304. The second kappa shape index (κ2) is 12.7. The fraction of sp³-hybridized carbons (Fsp3) is 0.407. The van der Waals surface area contributed by atoms with Gasteiger partial charge in [0.1, 0.15) is 11.5 Å². The van der Waals surface area contributed by atoms with Crippen LogP contribution in [-0.2, 0) is 0 Å². The van der Waals surface area contributed by atoms with Gasteiger partial charge in [0.05, 0.1) is 13.2 Å². The largest absolute Gasteiger partial charge is 0.494 e. The van der Waals surface area contributed by atoms with Crippen LogP contribution in [0.2, 0.25) is 0 Å². The van der Waals surface area contributed by atoms with E-state index in [1.807, 2.05) is 60.9 Å². The Morgan fingerprint density at radius 3 is 2.06 bits per heavy atom. The van der Waals surface area contributed by atoms with Crippen LogP contribution in [0.1, 0.15) is 58.8 Å². The number of hydrogen-bond acceptors (Lipinski definition) is 4. The average molecular weight is 419 g/mol. The summed E-state index contributed by atoms with van der Waals surface area (Å²) in [6, 6.07) is 16.1. The molecule has 0 aliphatic carbocycles. The van der Waals surface area contributed by atoms with Crippen LogP contribution in [0.15, 0.2) is 60.9 Å². The summed E-state index contributed by atoms with van der Waals surface area (Å²) >= 11 is 0. The molecule has 2 aromatic carbocycles. The monoisotopic (exact) mass is 418 g/mol. The summed E-state index contributed by atoms with van der Waals surface area (Å²) in [6.07, 6.45) is 12.3. The maximum Gasteiger partial charge on any atom is 0.159 e. The number of hydrogen-bond donors (Lipinski definition) is 0. The van der Waals surface area contributed by atoms with Crippen LogP contribution in [0.4, 0.5) is 0 Å². The molecule has 4 heteroatoms. The third-order valence-corrected chi connectivity index (χ3v) is 5.17. The molecule has 0 fully saturated rings. The van der Waals surface area contributed by atoms with Crippen LogP contribution < -0.4 is 9.47 Å². The molecule has 3 aromatic rings. The molecule has 0 spiro atoms. The molecule has 31 heavy (non-hydrogen) atoms. The third kappa shape index (κ3) is 7.39. The molecule has 3 rings (SSSR count).